The molecule has 2 aromatic rings. The molecule has 2 aromatic heterocycles. The van der Waals surface area contributed by atoms with Gasteiger partial charge in [0.05, 0.1) is 12.9 Å². The number of ether oxygens (including phenoxy) is 2. The molecule has 2 N–H and O–H groups in total. The lowest BCUT2D eigenvalue weighted by Crippen LogP contribution is -2.56. The average molecular weight is 596 g/mol. The van der Waals surface area contributed by atoms with Crippen molar-refractivity contribution in [3.8, 4) is 0 Å². The Labute approximate surface area is 255 Å². The van der Waals surface area contributed by atoms with Crippen molar-refractivity contribution in [3.05, 3.63) is 18.5 Å². The van der Waals surface area contributed by atoms with Gasteiger partial charge in [0.1, 0.15) is 6.10 Å². The molecule has 1 aliphatic carbocycles. The van der Waals surface area contributed by atoms with E-state index < -0.39 is 0 Å². The molecule has 236 valence electrons. The SMILES string of the molecule is COC[C@@H](C)Nc1nc(NC2CC3CCC(C2)N3C(=O)OC2CN(C/C=C/CN(C)C)C2)c2ncn(C3CCCC3)c2n1. The van der Waals surface area contributed by atoms with E-state index in [1.165, 1.54) is 12.8 Å². The van der Waals surface area contributed by atoms with Crippen LogP contribution in [0.25, 0.3) is 11.2 Å². The fourth-order valence-electron chi connectivity index (χ4n) is 7.29. The number of carbonyl (C=O) groups excluding carboxylic acids is 1. The van der Waals surface area contributed by atoms with Crippen molar-refractivity contribution in [2.24, 2.45) is 0 Å². The highest BCUT2D eigenvalue weighted by Gasteiger charge is 2.45. The minimum absolute atomic E-state index is 0.0132. The topological polar surface area (TPSA) is 113 Å². The number of methoxy groups -OCH3 is 1. The van der Waals surface area contributed by atoms with Gasteiger partial charge in [0, 0.05) is 63.5 Å². The van der Waals surface area contributed by atoms with Gasteiger partial charge in [-0.05, 0) is 59.5 Å². The first-order valence-corrected chi connectivity index (χ1v) is 16.2. The maximum atomic E-state index is 13.3. The third kappa shape index (κ3) is 6.91. The molecule has 43 heavy (non-hydrogen) atoms. The van der Waals surface area contributed by atoms with E-state index in [1.54, 1.807) is 7.11 Å². The van der Waals surface area contributed by atoms with Gasteiger partial charge in [-0.3, -0.25) is 4.90 Å². The molecule has 3 saturated heterocycles. The number of anilines is 2. The van der Waals surface area contributed by atoms with Crippen LogP contribution in [0.4, 0.5) is 16.6 Å². The van der Waals surface area contributed by atoms with Crippen molar-refractivity contribution in [1.82, 2.24) is 34.2 Å². The Balaban J connectivity index is 1.08. The summed E-state index contributed by atoms with van der Waals surface area (Å²) in [6, 6.07) is 1.08. The van der Waals surface area contributed by atoms with Crippen LogP contribution in [0.1, 0.15) is 64.3 Å². The monoisotopic (exact) mass is 595 g/mol. The molecule has 3 aliphatic heterocycles. The van der Waals surface area contributed by atoms with E-state index in [0.29, 0.717) is 18.6 Å². The predicted octanol–water partition coefficient (Wildman–Crippen LogP) is 3.73. The summed E-state index contributed by atoms with van der Waals surface area (Å²) >= 11 is 0. The summed E-state index contributed by atoms with van der Waals surface area (Å²) in [7, 11) is 5.83. The molecule has 1 saturated carbocycles. The standard InChI is InChI=1S/C31H49N9O3/c1-21(19-42-4)33-30-35-28(27-29(36-30)39(20-32-27)23-9-5-6-10-23)34-22-15-24-11-12-25(16-22)40(24)31(41)43-26-17-38(18-26)14-8-7-13-37(2)3/h7-8,20-26H,5-6,9-19H2,1-4H3,(H2,33,34,35,36)/b8-7+/t21-,22?,24?,25?/m1/s1. The Hall–Kier alpha value is -2.96. The van der Waals surface area contributed by atoms with Crippen molar-refractivity contribution < 1.29 is 14.3 Å². The van der Waals surface area contributed by atoms with Crippen LogP contribution in [0.5, 0.6) is 0 Å². The van der Waals surface area contributed by atoms with Crippen LogP contribution in [-0.4, -0.2) is 125 Å². The van der Waals surface area contributed by atoms with E-state index in [2.05, 4.69) is 58.2 Å². The second kappa shape index (κ2) is 13.4. The molecule has 5 heterocycles. The lowest BCUT2D eigenvalue weighted by Gasteiger charge is -2.42. The van der Waals surface area contributed by atoms with Gasteiger partial charge >= 0.3 is 6.09 Å². The normalized spacial score (nSPS) is 25.6. The lowest BCUT2D eigenvalue weighted by molar-refractivity contribution is -0.0306. The number of hydrogen-bond donors (Lipinski definition) is 2. The summed E-state index contributed by atoms with van der Waals surface area (Å²) in [5, 5.41) is 7.16. The number of piperidine rings is 1. The maximum absolute atomic E-state index is 13.3. The first-order valence-electron chi connectivity index (χ1n) is 16.2. The zero-order valence-electron chi connectivity index (χ0n) is 26.2. The van der Waals surface area contributed by atoms with Crippen LogP contribution in [0, 0.1) is 0 Å². The van der Waals surface area contributed by atoms with Gasteiger partial charge in [-0.2, -0.15) is 9.97 Å². The Bertz CT molecular complexity index is 1260. The largest absolute Gasteiger partial charge is 0.443 e. The number of amides is 1. The van der Waals surface area contributed by atoms with Crippen molar-refractivity contribution in [2.45, 2.75) is 94.6 Å². The van der Waals surface area contributed by atoms with Crippen LogP contribution < -0.4 is 10.6 Å². The first-order chi connectivity index (χ1) is 20.9. The molecule has 12 heteroatoms. The second-order valence-corrected chi connectivity index (χ2v) is 13.2. The molecule has 2 bridgehead atoms. The van der Waals surface area contributed by atoms with Crippen molar-refractivity contribution in [1.29, 1.82) is 0 Å². The molecule has 12 nitrogen and oxygen atoms in total. The van der Waals surface area contributed by atoms with Crippen LogP contribution in [0.15, 0.2) is 18.5 Å². The van der Waals surface area contributed by atoms with Crippen LogP contribution in [0.2, 0.25) is 0 Å². The Morgan fingerprint density at radius 2 is 1.84 bits per heavy atom. The number of rotatable bonds is 12. The smallest absolute Gasteiger partial charge is 0.410 e. The van der Waals surface area contributed by atoms with E-state index in [-0.39, 0.29) is 36.4 Å². The number of likely N-dealkylation sites (tertiary alicyclic amines) is 1. The highest BCUT2D eigenvalue weighted by Crippen LogP contribution is 2.39. The van der Waals surface area contributed by atoms with Crippen molar-refractivity contribution >= 4 is 29.0 Å². The Morgan fingerprint density at radius 1 is 1.09 bits per heavy atom. The number of hydrogen-bond acceptors (Lipinski definition) is 10. The molecule has 2 unspecified atom stereocenters. The number of likely N-dealkylation sites (N-methyl/N-ethyl adjacent to an activating group) is 1. The number of fused-ring (bicyclic) bond motifs is 3. The van der Waals surface area contributed by atoms with Gasteiger partial charge in [-0.15, -0.1) is 0 Å². The molecule has 4 aliphatic rings. The highest BCUT2D eigenvalue weighted by molar-refractivity contribution is 5.84. The number of aromatic nitrogens is 4. The van der Waals surface area contributed by atoms with E-state index >= 15 is 0 Å². The molecule has 0 spiro atoms. The number of carbonyl (C=O) groups is 1. The predicted molar refractivity (Wildman–Crippen MR) is 167 cm³/mol. The van der Waals surface area contributed by atoms with E-state index in [1.807, 2.05) is 11.2 Å². The molecule has 0 radical (unpaired) electrons. The minimum atomic E-state index is -0.142. The molecular formula is C31H49N9O3. The molecule has 0 aromatic carbocycles. The quantitative estimate of drug-likeness (QED) is 0.352. The van der Waals surface area contributed by atoms with Gasteiger partial charge in [0.15, 0.2) is 17.0 Å². The van der Waals surface area contributed by atoms with Gasteiger partial charge in [0.2, 0.25) is 5.95 Å². The summed E-state index contributed by atoms with van der Waals surface area (Å²) < 4.78 is 13.5. The minimum Gasteiger partial charge on any atom is -0.443 e. The van der Waals surface area contributed by atoms with Gasteiger partial charge in [-0.25, -0.2) is 9.78 Å². The molecular weight excluding hydrogens is 546 g/mol. The molecule has 4 fully saturated rings. The third-order valence-corrected chi connectivity index (χ3v) is 9.41. The zero-order chi connectivity index (χ0) is 29.9. The summed E-state index contributed by atoms with van der Waals surface area (Å²) in [5.74, 6) is 1.36. The van der Waals surface area contributed by atoms with Crippen molar-refractivity contribution in [3.63, 3.8) is 0 Å². The average Bonchev–Trinajstić information content (AvgIpc) is 3.67. The molecule has 6 rings (SSSR count). The summed E-state index contributed by atoms with van der Waals surface area (Å²) in [5.41, 5.74) is 1.69. The molecule has 3 atom stereocenters. The van der Waals surface area contributed by atoms with Crippen LogP contribution in [0.3, 0.4) is 0 Å². The van der Waals surface area contributed by atoms with Crippen LogP contribution in [-0.2, 0) is 9.47 Å². The van der Waals surface area contributed by atoms with E-state index in [9.17, 15) is 4.79 Å². The van der Waals surface area contributed by atoms with Crippen LogP contribution >= 0.6 is 0 Å². The van der Waals surface area contributed by atoms with Gasteiger partial charge in [-0.1, -0.05) is 25.0 Å². The summed E-state index contributed by atoms with van der Waals surface area (Å²) in [6.07, 6.45) is 14.7. The summed E-state index contributed by atoms with van der Waals surface area (Å²) in [6.45, 7) is 6.09. The van der Waals surface area contributed by atoms with Crippen molar-refractivity contribution in [2.75, 3.05) is 64.6 Å². The highest BCUT2D eigenvalue weighted by atomic mass is 16.6. The zero-order valence-corrected chi connectivity index (χ0v) is 26.2. The van der Waals surface area contributed by atoms with Gasteiger partial charge in [0.25, 0.3) is 0 Å². The van der Waals surface area contributed by atoms with E-state index in [0.717, 1.165) is 81.7 Å². The Kier molecular flexibility index (Phi) is 9.34. The number of nitrogens with one attached hydrogen (secondary N) is 2. The second-order valence-electron chi connectivity index (χ2n) is 13.2. The first kappa shape index (κ1) is 30.1. The fourth-order valence-corrected chi connectivity index (χ4v) is 7.29. The number of nitrogens with zero attached hydrogens (tertiary/aromatic N) is 7. The number of imidazole rings is 1. The maximum Gasteiger partial charge on any atom is 0.410 e. The Morgan fingerprint density at radius 3 is 2.53 bits per heavy atom. The lowest BCUT2D eigenvalue weighted by atomic mass is 9.97. The molecule has 1 amide bonds. The van der Waals surface area contributed by atoms with E-state index in [4.69, 9.17) is 24.4 Å². The van der Waals surface area contributed by atoms with Gasteiger partial charge < -0.3 is 34.5 Å². The fraction of sp³-hybridized carbons (Fsp3) is 0.742. The third-order valence-electron chi connectivity index (χ3n) is 9.41. The summed E-state index contributed by atoms with van der Waals surface area (Å²) in [4.78, 5) is 34.4.